The number of carbonyl (C=O) groups excluding carboxylic acids is 4. The first-order valence-electron chi connectivity index (χ1n) is 12.3. The molecule has 0 bridgehead atoms. The normalized spacial score (nSPS) is 19.8. The van der Waals surface area contributed by atoms with E-state index < -0.39 is 35.0 Å². The second kappa shape index (κ2) is 12.5. The lowest BCUT2D eigenvalue weighted by atomic mass is 9.73. The number of rotatable bonds is 6. The van der Waals surface area contributed by atoms with Gasteiger partial charge in [-0.05, 0) is 64.5 Å². The summed E-state index contributed by atoms with van der Waals surface area (Å²) in [7, 11) is 0. The molecule has 6 N–H and O–H groups in total. The number of amides is 4. The number of hydrogen-bond acceptors (Lipinski definition) is 7. The molecule has 0 spiro atoms. The van der Waals surface area contributed by atoms with Crippen molar-refractivity contribution in [1.29, 1.82) is 0 Å². The lowest BCUT2D eigenvalue weighted by molar-refractivity contribution is -0.161. The third-order valence-electron chi connectivity index (χ3n) is 6.46. The molecule has 1 atom stereocenters. The number of carboxylic acids is 1. The van der Waals surface area contributed by atoms with E-state index in [0.717, 1.165) is 32.1 Å². The minimum atomic E-state index is -1.12. The van der Waals surface area contributed by atoms with Crippen molar-refractivity contribution >= 4 is 29.8 Å². The molecule has 12 heteroatoms. The van der Waals surface area contributed by atoms with Crippen LogP contribution in [0.3, 0.4) is 0 Å². The van der Waals surface area contributed by atoms with Crippen LogP contribution in [-0.2, 0) is 14.3 Å². The van der Waals surface area contributed by atoms with Crippen molar-refractivity contribution < 1.29 is 33.8 Å². The number of carbonyl (C=O) groups is 5. The molecule has 0 radical (unpaired) electrons. The SMILES string of the molecule is CC(C)(C)OC(=O)NCC(=O)N1CCC[C@]1(C(=O)O)C1CCCCC1.NC(=O)c1ccc(C(N)=O)nc1. The standard InChI is InChI=1S/C18H30N2O5.C7H7N3O2/c1-17(2,3)25-16(24)19-12-14(21)20-11-7-10-18(20,15(22)23)13-8-5-4-6-9-13;8-6(11)4-1-2-5(7(9)12)10-3-4/h13H,4-12H2,1-3H3,(H,19,24)(H,22,23);1-3H,(H2,8,11)(H2,9,12)/t18-;/m1./s1. The van der Waals surface area contributed by atoms with Crippen LogP contribution < -0.4 is 16.8 Å². The predicted molar refractivity (Wildman–Crippen MR) is 133 cm³/mol. The molecule has 204 valence electrons. The molecule has 37 heavy (non-hydrogen) atoms. The Morgan fingerprint density at radius 3 is 2.22 bits per heavy atom. The summed E-state index contributed by atoms with van der Waals surface area (Å²) in [6, 6.07) is 2.75. The number of aliphatic carboxylic acids is 1. The van der Waals surface area contributed by atoms with Gasteiger partial charge in [0.25, 0.3) is 5.91 Å². The van der Waals surface area contributed by atoms with Gasteiger partial charge in [-0.15, -0.1) is 0 Å². The molecule has 1 saturated carbocycles. The second-order valence-corrected chi connectivity index (χ2v) is 10.2. The summed E-state index contributed by atoms with van der Waals surface area (Å²) in [5, 5.41) is 12.4. The van der Waals surface area contributed by atoms with E-state index in [4.69, 9.17) is 16.2 Å². The Hall–Kier alpha value is -3.70. The van der Waals surface area contributed by atoms with Crippen LogP contribution in [0.4, 0.5) is 4.79 Å². The molecule has 1 aromatic rings. The monoisotopic (exact) mass is 519 g/mol. The van der Waals surface area contributed by atoms with Gasteiger partial charge in [0.05, 0.1) is 5.56 Å². The smallest absolute Gasteiger partial charge is 0.408 e. The van der Waals surface area contributed by atoms with Crippen LogP contribution in [0.2, 0.25) is 0 Å². The summed E-state index contributed by atoms with van der Waals surface area (Å²) in [6.45, 7) is 5.42. The van der Waals surface area contributed by atoms with Gasteiger partial charge in [-0.1, -0.05) is 19.3 Å². The number of primary amides is 2. The zero-order valence-electron chi connectivity index (χ0n) is 21.6. The Balaban J connectivity index is 0.000000335. The highest BCUT2D eigenvalue weighted by molar-refractivity contribution is 5.94. The van der Waals surface area contributed by atoms with Crippen molar-refractivity contribution in [3.63, 3.8) is 0 Å². The molecule has 4 amide bonds. The van der Waals surface area contributed by atoms with Crippen molar-refractivity contribution in [2.75, 3.05) is 13.1 Å². The number of likely N-dealkylation sites (tertiary alicyclic amines) is 1. The fourth-order valence-electron chi connectivity index (χ4n) is 4.83. The number of nitrogens with one attached hydrogen (secondary N) is 1. The summed E-state index contributed by atoms with van der Waals surface area (Å²) < 4.78 is 5.13. The molecular weight excluding hydrogens is 482 g/mol. The molecule has 1 saturated heterocycles. The maximum Gasteiger partial charge on any atom is 0.408 e. The number of nitrogens with two attached hydrogens (primary N) is 2. The molecular formula is C25H37N5O7. The van der Waals surface area contributed by atoms with Crippen molar-refractivity contribution in [3.05, 3.63) is 29.6 Å². The highest BCUT2D eigenvalue weighted by atomic mass is 16.6. The van der Waals surface area contributed by atoms with Gasteiger partial charge in [-0.3, -0.25) is 19.4 Å². The van der Waals surface area contributed by atoms with Crippen LogP contribution in [0.5, 0.6) is 0 Å². The fraction of sp³-hybridized carbons (Fsp3) is 0.600. The summed E-state index contributed by atoms with van der Waals surface area (Å²) in [4.78, 5) is 62.8. The quantitative estimate of drug-likeness (QED) is 0.436. The number of carboxylic acid groups (broad SMARTS) is 1. The number of pyridine rings is 1. The average Bonchev–Trinajstić information content (AvgIpc) is 3.29. The van der Waals surface area contributed by atoms with Gasteiger partial charge in [-0.2, -0.15) is 0 Å². The van der Waals surface area contributed by atoms with E-state index in [9.17, 15) is 29.1 Å². The topological polar surface area (TPSA) is 195 Å². The number of alkyl carbamates (subject to hydrolysis) is 1. The van der Waals surface area contributed by atoms with Gasteiger partial charge in [0.1, 0.15) is 23.4 Å². The lowest BCUT2D eigenvalue weighted by Crippen LogP contribution is -2.59. The summed E-state index contributed by atoms with van der Waals surface area (Å²) in [6.07, 6.45) is 6.55. The Labute approximate surface area is 216 Å². The second-order valence-electron chi connectivity index (χ2n) is 10.2. The van der Waals surface area contributed by atoms with Gasteiger partial charge >= 0.3 is 12.1 Å². The Morgan fingerprint density at radius 2 is 1.73 bits per heavy atom. The molecule has 1 aromatic heterocycles. The molecule has 2 heterocycles. The Morgan fingerprint density at radius 1 is 1.08 bits per heavy atom. The van der Waals surface area contributed by atoms with E-state index >= 15 is 0 Å². The minimum absolute atomic E-state index is 0.00766. The summed E-state index contributed by atoms with van der Waals surface area (Å²) in [5.41, 5.74) is 8.47. The van der Waals surface area contributed by atoms with Crippen LogP contribution in [0, 0.1) is 5.92 Å². The van der Waals surface area contributed by atoms with E-state index in [1.807, 2.05) is 0 Å². The van der Waals surface area contributed by atoms with E-state index in [0.29, 0.717) is 19.4 Å². The molecule has 12 nitrogen and oxygen atoms in total. The Kier molecular flexibility index (Phi) is 9.98. The Bertz CT molecular complexity index is 967. The van der Waals surface area contributed by atoms with E-state index in [-0.39, 0.29) is 29.6 Å². The third-order valence-corrected chi connectivity index (χ3v) is 6.46. The third kappa shape index (κ3) is 7.89. The highest BCUT2D eigenvalue weighted by Gasteiger charge is 2.54. The highest BCUT2D eigenvalue weighted by Crippen LogP contribution is 2.43. The number of aromatic nitrogens is 1. The fourth-order valence-corrected chi connectivity index (χ4v) is 4.83. The van der Waals surface area contributed by atoms with Crippen LogP contribution in [0.25, 0.3) is 0 Å². The van der Waals surface area contributed by atoms with Crippen LogP contribution >= 0.6 is 0 Å². The minimum Gasteiger partial charge on any atom is -0.479 e. The molecule has 2 aliphatic rings. The molecule has 1 aliphatic heterocycles. The number of nitrogens with zero attached hydrogens (tertiary/aromatic N) is 2. The predicted octanol–water partition coefficient (Wildman–Crippen LogP) is 1.82. The first-order valence-corrected chi connectivity index (χ1v) is 12.3. The number of ether oxygens (including phenoxy) is 1. The average molecular weight is 520 g/mol. The first-order chi connectivity index (χ1) is 17.3. The molecule has 1 aliphatic carbocycles. The first kappa shape index (κ1) is 29.5. The maximum atomic E-state index is 12.7. The van der Waals surface area contributed by atoms with Gasteiger partial charge in [0, 0.05) is 12.7 Å². The van der Waals surface area contributed by atoms with Crippen LogP contribution in [0.1, 0.15) is 86.6 Å². The van der Waals surface area contributed by atoms with E-state index in [1.54, 1.807) is 20.8 Å². The maximum absolute atomic E-state index is 12.7. The van der Waals surface area contributed by atoms with Gasteiger partial charge < -0.3 is 31.5 Å². The van der Waals surface area contributed by atoms with Gasteiger partial charge in [0.2, 0.25) is 11.8 Å². The zero-order chi connectivity index (χ0) is 27.8. The summed E-state index contributed by atoms with van der Waals surface area (Å²) >= 11 is 0. The summed E-state index contributed by atoms with van der Waals surface area (Å²) in [5.74, 6) is -2.49. The zero-order valence-corrected chi connectivity index (χ0v) is 21.6. The van der Waals surface area contributed by atoms with E-state index in [2.05, 4.69) is 10.3 Å². The van der Waals surface area contributed by atoms with Crippen molar-refractivity contribution in [2.24, 2.45) is 17.4 Å². The van der Waals surface area contributed by atoms with Crippen molar-refractivity contribution in [3.8, 4) is 0 Å². The van der Waals surface area contributed by atoms with Gasteiger partial charge in [-0.25, -0.2) is 9.59 Å². The molecule has 3 rings (SSSR count). The number of hydrogen-bond donors (Lipinski definition) is 4. The van der Waals surface area contributed by atoms with Crippen molar-refractivity contribution in [1.82, 2.24) is 15.2 Å². The molecule has 0 unspecified atom stereocenters. The van der Waals surface area contributed by atoms with Crippen molar-refractivity contribution in [2.45, 2.75) is 76.9 Å². The van der Waals surface area contributed by atoms with Gasteiger partial charge in [0.15, 0.2) is 0 Å². The van der Waals surface area contributed by atoms with Crippen LogP contribution in [0.15, 0.2) is 18.3 Å². The molecule has 0 aromatic carbocycles. The molecule has 2 fully saturated rings. The van der Waals surface area contributed by atoms with E-state index in [1.165, 1.54) is 23.2 Å². The largest absolute Gasteiger partial charge is 0.479 e. The lowest BCUT2D eigenvalue weighted by Gasteiger charge is -2.42. The van der Waals surface area contributed by atoms with Crippen LogP contribution in [-0.4, -0.2) is 69.0 Å².